The van der Waals surface area contributed by atoms with Crippen molar-refractivity contribution in [3.63, 3.8) is 0 Å². The van der Waals surface area contributed by atoms with Gasteiger partial charge in [0.2, 0.25) is 0 Å². The minimum atomic E-state index is -0.146. The maximum absolute atomic E-state index is 9.37. The Bertz CT molecular complexity index is 173. The van der Waals surface area contributed by atoms with E-state index in [0.717, 1.165) is 32.6 Å². The largest absolute Gasteiger partial charge is 0.392 e. The van der Waals surface area contributed by atoms with Crippen LogP contribution in [-0.2, 0) is 0 Å². The number of nitrogens with zero attached hydrogens (tertiary/aromatic N) is 1. The number of aliphatic hydroxyl groups excluding tert-OH is 1. The summed E-state index contributed by atoms with van der Waals surface area (Å²) >= 11 is 0. The number of rotatable bonds is 6. The van der Waals surface area contributed by atoms with Gasteiger partial charge in [-0.3, -0.25) is 4.90 Å². The van der Waals surface area contributed by atoms with Gasteiger partial charge in [0, 0.05) is 25.7 Å². The summed E-state index contributed by atoms with van der Waals surface area (Å²) in [4.78, 5) is 2.38. The summed E-state index contributed by atoms with van der Waals surface area (Å²) in [6, 6.07) is 0.455. The van der Waals surface area contributed by atoms with E-state index in [1.54, 1.807) is 0 Å². The van der Waals surface area contributed by atoms with Gasteiger partial charge in [-0.1, -0.05) is 13.0 Å². The topological polar surface area (TPSA) is 35.5 Å². The Morgan fingerprint density at radius 2 is 2.43 bits per heavy atom. The van der Waals surface area contributed by atoms with Gasteiger partial charge in [0.15, 0.2) is 0 Å². The van der Waals surface area contributed by atoms with Gasteiger partial charge in [0.1, 0.15) is 0 Å². The van der Waals surface area contributed by atoms with Crippen molar-refractivity contribution in [2.24, 2.45) is 0 Å². The van der Waals surface area contributed by atoms with E-state index < -0.39 is 0 Å². The maximum atomic E-state index is 9.37. The highest BCUT2D eigenvalue weighted by Crippen LogP contribution is 2.08. The van der Waals surface area contributed by atoms with Crippen LogP contribution in [0.4, 0.5) is 0 Å². The third-order valence-electron chi connectivity index (χ3n) is 2.60. The first-order valence-corrected chi connectivity index (χ1v) is 5.51. The molecule has 3 nitrogen and oxygen atoms in total. The van der Waals surface area contributed by atoms with E-state index in [9.17, 15) is 5.11 Å². The highest BCUT2D eigenvalue weighted by Gasteiger charge is 2.23. The van der Waals surface area contributed by atoms with Crippen LogP contribution in [0, 0.1) is 0 Å². The number of hydrogen-bond donors (Lipinski definition) is 2. The number of aliphatic hydroxyl groups is 1. The molecule has 14 heavy (non-hydrogen) atoms. The molecule has 2 atom stereocenters. The summed E-state index contributed by atoms with van der Waals surface area (Å²) in [7, 11) is 0. The lowest BCUT2D eigenvalue weighted by Gasteiger charge is -2.23. The minimum Gasteiger partial charge on any atom is -0.392 e. The van der Waals surface area contributed by atoms with E-state index in [0.29, 0.717) is 6.04 Å². The number of hydrogen-bond acceptors (Lipinski definition) is 3. The maximum Gasteiger partial charge on any atom is 0.0680 e. The van der Waals surface area contributed by atoms with Crippen molar-refractivity contribution < 1.29 is 5.11 Å². The first-order chi connectivity index (χ1) is 6.76. The van der Waals surface area contributed by atoms with Gasteiger partial charge in [-0.15, -0.1) is 6.58 Å². The van der Waals surface area contributed by atoms with Gasteiger partial charge in [-0.2, -0.15) is 0 Å². The van der Waals surface area contributed by atoms with Gasteiger partial charge in [0.05, 0.1) is 6.10 Å². The average Bonchev–Trinajstić information content (AvgIpc) is 2.52. The molecule has 82 valence electrons. The second-order valence-electron chi connectivity index (χ2n) is 4.04. The first kappa shape index (κ1) is 11.7. The predicted octanol–water partition coefficient (Wildman–Crippen LogP) is 0.607. The Hall–Kier alpha value is -0.380. The molecule has 0 aromatic heterocycles. The van der Waals surface area contributed by atoms with E-state index in [1.807, 2.05) is 6.08 Å². The van der Waals surface area contributed by atoms with Crippen LogP contribution in [0.1, 0.15) is 19.8 Å². The monoisotopic (exact) mass is 198 g/mol. The Kier molecular flexibility index (Phi) is 5.15. The quantitative estimate of drug-likeness (QED) is 0.614. The minimum absolute atomic E-state index is 0.146. The normalized spacial score (nSPS) is 27.1. The molecule has 0 aliphatic carbocycles. The van der Waals surface area contributed by atoms with E-state index in [1.165, 1.54) is 6.42 Å². The molecule has 0 radical (unpaired) electrons. The Labute approximate surface area is 86.8 Å². The fraction of sp³-hybridized carbons (Fsp3) is 0.818. The van der Waals surface area contributed by atoms with Crippen molar-refractivity contribution in [1.82, 2.24) is 10.2 Å². The number of nitrogens with one attached hydrogen (secondary N) is 1. The predicted molar refractivity (Wildman–Crippen MR) is 59.3 cm³/mol. The van der Waals surface area contributed by atoms with Crippen LogP contribution in [0.2, 0.25) is 0 Å². The third-order valence-corrected chi connectivity index (χ3v) is 2.60. The van der Waals surface area contributed by atoms with Gasteiger partial charge in [-0.05, 0) is 19.4 Å². The number of β-amino-alcohol motifs (C(OH)–C–C–N with tert-alkyl or cyclic N) is 1. The molecule has 1 heterocycles. The molecule has 2 unspecified atom stereocenters. The lowest BCUT2D eigenvalue weighted by atomic mass is 10.2. The van der Waals surface area contributed by atoms with Crippen LogP contribution in [0.3, 0.4) is 0 Å². The van der Waals surface area contributed by atoms with Gasteiger partial charge in [0.25, 0.3) is 0 Å². The van der Waals surface area contributed by atoms with Gasteiger partial charge >= 0.3 is 0 Å². The van der Waals surface area contributed by atoms with Crippen molar-refractivity contribution in [1.29, 1.82) is 0 Å². The Morgan fingerprint density at radius 3 is 2.93 bits per heavy atom. The lowest BCUT2D eigenvalue weighted by Crippen LogP contribution is -2.38. The second kappa shape index (κ2) is 6.17. The summed E-state index contributed by atoms with van der Waals surface area (Å²) in [6.07, 6.45) is 3.86. The molecule has 0 saturated carbocycles. The molecule has 0 bridgehead atoms. The SMILES string of the molecule is C=CCN(CCC)CC1CC(O)CN1. The highest BCUT2D eigenvalue weighted by molar-refractivity contribution is 4.85. The van der Waals surface area contributed by atoms with Crippen LogP contribution < -0.4 is 5.32 Å². The second-order valence-corrected chi connectivity index (χ2v) is 4.04. The first-order valence-electron chi connectivity index (χ1n) is 5.51. The zero-order chi connectivity index (χ0) is 10.4. The smallest absolute Gasteiger partial charge is 0.0680 e. The van der Waals surface area contributed by atoms with Crippen LogP contribution in [-0.4, -0.2) is 48.3 Å². The summed E-state index contributed by atoms with van der Waals surface area (Å²) in [5.41, 5.74) is 0. The summed E-state index contributed by atoms with van der Waals surface area (Å²) in [6.45, 7) is 9.78. The summed E-state index contributed by atoms with van der Waals surface area (Å²) in [5.74, 6) is 0. The molecule has 0 aromatic carbocycles. The molecule has 3 heteroatoms. The van der Waals surface area contributed by atoms with Gasteiger partial charge < -0.3 is 10.4 Å². The van der Waals surface area contributed by atoms with Gasteiger partial charge in [-0.25, -0.2) is 0 Å². The molecule has 0 aromatic rings. The average molecular weight is 198 g/mol. The zero-order valence-corrected chi connectivity index (χ0v) is 9.08. The molecule has 1 rings (SSSR count). The van der Waals surface area contributed by atoms with E-state index >= 15 is 0 Å². The van der Waals surface area contributed by atoms with E-state index in [2.05, 4.69) is 23.7 Å². The zero-order valence-electron chi connectivity index (χ0n) is 9.08. The fourth-order valence-corrected chi connectivity index (χ4v) is 2.00. The highest BCUT2D eigenvalue weighted by atomic mass is 16.3. The molecule has 0 spiro atoms. The Balaban J connectivity index is 2.27. The van der Waals surface area contributed by atoms with Crippen LogP contribution >= 0.6 is 0 Å². The molecular formula is C11H22N2O. The van der Waals surface area contributed by atoms with E-state index in [4.69, 9.17) is 0 Å². The molecule has 1 saturated heterocycles. The summed E-state index contributed by atoms with van der Waals surface area (Å²) < 4.78 is 0. The molecule has 1 aliphatic rings. The van der Waals surface area contributed by atoms with E-state index in [-0.39, 0.29) is 6.10 Å². The molecular weight excluding hydrogens is 176 g/mol. The van der Waals surface area contributed by atoms with Crippen molar-refractivity contribution in [3.8, 4) is 0 Å². The van der Waals surface area contributed by atoms with Crippen LogP contribution in [0.15, 0.2) is 12.7 Å². The molecule has 1 fully saturated rings. The fourth-order valence-electron chi connectivity index (χ4n) is 2.00. The lowest BCUT2D eigenvalue weighted by molar-refractivity contribution is 0.188. The van der Waals surface area contributed by atoms with Crippen molar-refractivity contribution in [3.05, 3.63) is 12.7 Å². The third kappa shape index (κ3) is 3.78. The van der Waals surface area contributed by atoms with Crippen LogP contribution in [0.5, 0.6) is 0 Å². The van der Waals surface area contributed by atoms with Crippen molar-refractivity contribution in [2.45, 2.75) is 31.9 Å². The standard InChI is InChI=1S/C11H22N2O/c1-3-5-13(6-4-2)9-10-7-11(14)8-12-10/h3,10-12,14H,1,4-9H2,2H3. The molecule has 1 aliphatic heterocycles. The van der Waals surface area contributed by atoms with Crippen molar-refractivity contribution >= 4 is 0 Å². The van der Waals surface area contributed by atoms with Crippen molar-refractivity contribution in [2.75, 3.05) is 26.2 Å². The Morgan fingerprint density at radius 1 is 1.64 bits per heavy atom. The van der Waals surface area contributed by atoms with Crippen LogP contribution in [0.25, 0.3) is 0 Å². The summed E-state index contributed by atoms with van der Waals surface area (Å²) in [5, 5.41) is 12.7. The molecule has 2 N–H and O–H groups in total. The molecule has 0 amide bonds.